The Kier molecular flexibility index (Phi) is 5.12. The van der Waals surface area contributed by atoms with Crippen molar-refractivity contribution in [2.75, 3.05) is 44.4 Å². The van der Waals surface area contributed by atoms with E-state index in [0.29, 0.717) is 30.0 Å². The predicted octanol–water partition coefficient (Wildman–Crippen LogP) is 3.23. The van der Waals surface area contributed by atoms with Gasteiger partial charge in [-0.2, -0.15) is 5.10 Å². The molecular weight excluding hydrogens is 440 g/mol. The summed E-state index contributed by atoms with van der Waals surface area (Å²) < 4.78 is 13.2. The van der Waals surface area contributed by atoms with E-state index in [1.54, 1.807) is 0 Å². The molecule has 1 aromatic carbocycles. The fraction of sp³-hybridized carbons (Fsp3) is 0.593. The summed E-state index contributed by atoms with van der Waals surface area (Å²) in [6.07, 6.45) is 4.59. The molecule has 8 heteroatoms. The van der Waals surface area contributed by atoms with Gasteiger partial charge in [-0.15, -0.1) is 0 Å². The number of aromatic nitrogens is 4. The maximum absolute atomic E-state index is 5.80. The molecule has 0 spiro atoms. The maximum atomic E-state index is 5.80. The van der Waals surface area contributed by atoms with E-state index in [-0.39, 0.29) is 0 Å². The average molecular weight is 475 g/mol. The number of aryl methyl sites for hydroxylation is 2. The molecule has 4 fully saturated rings. The molecule has 0 saturated carbocycles. The van der Waals surface area contributed by atoms with E-state index >= 15 is 0 Å². The second kappa shape index (κ2) is 8.25. The lowest BCUT2D eigenvalue weighted by molar-refractivity contribution is -0.0774. The summed E-state index contributed by atoms with van der Waals surface area (Å²) in [4.78, 5) is 14.6. The maximum Gasteiger partial charge on any atom is 0.159 e. The van der Waals surface area contributed by atoms with Crippen molar-refractivity contribution in [3.8, 4) is 5.82 Å². The third-order valence-electron chi connectivity index (χ3n) is 8.65. The molecule has 3 aromatic rings. The molecular formula is C27H34N6O2. The third kappa shape index (κ3) is 3.65. The van der Waals surface area contributed by atoms with Gasteiger partial charge in [0.15, 0.2) is 5.82 Å². The lowest BCUT2D eigenvalue weighted by Gasteiger charge is -2.44. The van der Waals surface area contributed by atoms with E-state index in [0.717, 1.165) is 74.2 Å². The van der Waals surface area contributed by atoms with Crippen molar-refractivity contribution < 1.29 is 9.47 Å². The van der Waals surface area contributed by atoms with Crippen LogP contribution in [0.2, 0.25) is 0 Å². The van der Waals surface area contributed by atoms with Crippen LogP contribution < -0.4 is 4.90 Å². The number of anilines is 1. The van der Waals surface area contributed by atoms with Gasteiger partial charge >= 0.3 is 0 Å². The Morgan fingerprint density at radius 1 is 0.971 bits per heavy atom. The van der Waals surface area contributed by atoms with E-state index in [9.17, 15) is 0 Å². The van der Waals surface area contributed by atoms with Crippen LogP contribution in [0.1, 0.15) is 42.6 Å². The monoisotopic (exact) mass is 474 g/mol. The van der Waals surface area contributed by atoms with Crippen molar-refractivity contribution in [2.24, 2.45) is 5.92 Å². The van der Waals surface area contributed by atoms with E-state index < -0.39 is 0 Å². The normalized spacial score (nSPS) is 29.3. The molecule has 35 heavy (non-hydrogen) atoms. The SMILES string of the molecule is Cc1nc(N2CC3CC2CO3)cc(-n2ncc3cc(C)c(C4CCN(C5COC5)CC4C)cc32)n1. The summed E-state index contributed by atoms with van der Waals surface area (Å²) in [7, 11) is 0. The van der Waals surface area contributed by atoms with Crippen LogP contribution in [0.4, 0.5) is 5.82 Å². The summed E-state index contributed by atoms with van der Waals surface area (Å²) >= 11 is 0. The van der Waals surface area contributed by atoms with Crippen molar-refractivity contribution in [1.82, 2.24) is 24.6 Å². The number of hydrogen-bond acceptors (Lipinski definition) is 7. The molecule has 0 N–H and O–H groups in total. The quantitative estimate of drug-likeness (QED) is 0.575. The first-order valence-corrected chi connectivity index (χ1v) is 13.1. The number of ether oxygens (including phenoxy) is 2. The number of likely N-dealkylation sites (tertiary alicyclic amines) is 1. The van der Waals surface area contributed by atoms with Gasteiger partial charge in [-0.3, -0.25) is 4.90 Å². The molecule has 0 amide bonds. The van der Waals surface area contributed by atoms with Crippen molar-refractivity contribution in [1.29, 1.82) is 0 Å². The molecule has 2 bridgehead atoms. The summed E-state index contributed by atoms with van der Waals surface area (Å²) in [6.45, 7) is 12.4. The minimum atomic E-state index is 0.333. The number of morpholine rings is 1. The Morgan fingerprint density at radius 3 is 2.54 bits per heavy atom. The van der Waals surface area contributed by atoms with Crippen LogP contribution in [0, 0.1) is 19.8 Å². The summed E-state index contributed by atoms with van der Waals surface area (Å²) in [5.74, 6) is 3.77. The number of piperidine rings is 1. The topological polar surface area (TPSA) is 68.5 Å². The fourth-order valence-electron chi connectivity index (χ4n) is 6.66. The standard InChI is InChI=1S/C27H34N6O2/c1-16-6-19-10-28-33(27-9-26(29-18(3)30-27)32-12-22-7-20(32)15-35-22)25(19)8-24(16)23-4-5-31(11-17(23)2)21-13-34-14-21/h6,8-10,17,20-23H,4-5,7,11-15H2,1-3H3. The zero-order chi connectivity index (χ0) is 23.7. The van der Waals surface area contributed by atoms with Gasteiger partial charge in [0, 0.05) is 24.5 Å². The van der Waals surface area contributed by atoms with E-state index in [4.69, 9.17) is 24.5 Å². The number of rotatable bonds is 4. The van der Waals surface area contributed by atoms with Gasteiger partial charge in [-0.1, -0.05) is 6.92 Å². The van der Waals surface area contributed by atoms with E-state index in [1.807, 2.05) is 17.8 Å². The van der Waals surface area contributed by atoms with Gasteiger partial charge in [-0.05, 0) is 68.3 Å². The molecule has 184 valence electrons. The molecule has 2 aromatic heterocycles. The predicted molar refractivity (Wildman–Crippen MR) is 134 cm³/mol. The van der Waals surface area contributed by atoms with Gasteiger partial charge in [0.05, 0.1) is 49.7 Å². The van der Waals surface area contributed by atoms with Gasteiger partial charge in [0.1, 0.15) is 11.6 Å². The van der Waals surface area contributed by atoms with E-state index in [2.05, 4.69) is 41.8 Å². The molecule has 8 nitrogen and oxygen atoms in total. The Morgan fingerprint density at radius 2 is 1.83 bits per heavy atom. The molecule has 0 radical (unpaired) electrons. The highest BCUT2D eigenvalue weighted by molar-refractivity contribution is 5.82. The Bertz CT molecular complexity index is 1270. The van der Waals surface area contributed by atoms with Crippen molar-refractivity contribution >= 4 is 16.7 Å². The second-order valence-electron chi connectivity index (χ2n) is 11.0. The minimum Gasteiger partial charge on any atom is -0.378 e. The van der Waals surface area contributed by atoms with Crippen LogP contribution in [0.3, 0.4) is 0 Å². The molecule has 4 aliphatic rings. The largest absolute Gasteiger partial charge is 0.378 e. The molecule has 7 rings (SSSR count). The van der Waals surface area contributed by atoms with Gasteiger partial charge in [-0.25, -0.2) is 14.6 Å². The summed E-state index contributed by atoms with van der Waals surface area (Å²) in [5, 5.41) is 5.95. The average Bonchev–Trinajstić information content (AvgIpc) is 3.53. The van der Waals surface area contributed by atoms with Gasteiger partial charge in [0.25, 0.3) is 0 Å². The molecule has 4 saturated heterocycles. The Balaban J connectivity index is 1.22. The lowest BCUT2D eigenvalue weighted by atomic mass is 9.79. The Hall–Kier alpha value is -2.55. The van der Waals surface area contributed by atoms with Crippen molar-refractivity contribution in [3.63, 3.8) is 0 Å². The van der Waals surface area contributed by atoms with Gasteiger partial charge < -0.3 is 14.4 Å². The number of benzene rings is 1. The molecule has 6 heterocycles. The fourth-order valence-corrected chi connectivity index (χ4v) is 6.66. The first-order valence-electron chi connectivity index (χ1n) is 13.1. The second-order valence-corrected chi connectivity index (χ2v) is 11.0. The zero-order valence-corrected chi connectivity index (χ0v) is 20.9. The van der Waals surface area contributed by atoms with Crippen molar-refractivity contribution in [3.05, 3.63) is 41.3 Å². The highest BCUT2D eigenvalue weighted by Gasteiger charge is 2.40. The van der Waals surface area contributed by atoms with Crippen LogP contribution in [0.25, 0.3) is 16.7 Å². The number of nitrogens with zero attached hydrogens (tertiary/aromatic N) is 6. The zero-order valence-electron chi connectivity index (χ0n) is 20.9. The number of hydrogen-bond donors (Lipinski definition) is 0. The third-order valence-corrected chi connectivity index (χ3v) is 8.65. The smallest absolute Gasteiger partial charge is 0.159 e. The Labute approximate surface area is 206 Å². The lowest BCUT2D eigenvalue weighted by Crippen LogP contribution is -2.53. The van der Waals surface area contributed by atoms with Crippen LogP contribution in [-0.2, 0) is 9.47 Å². The highest BCUT2D eigenvalue weighted by Crippen LogP contribution is 2.38. The summed E-state index contributed by atoms with van der Waals surface area (Å²) in [5.41, 5.74) is 3.95. The van der Waals surface area contributed by atoms with E-state index in [1.165, 1.54) is 17.5 Å². The molecule has 4 unspecified atom stereocenters. The van der Waals surface area contributed by atoms with Crippen LogP contribution in [0.15, 0.2) is 24.4 Å². The van der Waals surface area contributed by atoms with Gasteiger partial charge in [0.2, 0.25) is 0 Å². The summed E-state index contributed by atoms with van der Waals surface area (Å²) in [6, 6.07) is 7.82. The first-order chi connectivity index (χ1) is 17.0. The molecule has 0 aliphatic carbocycles. The minimum absolute atomic E-state index is 0.333. The molecule has 4 atom stereocenters. The first kappa shape index (κ1) is 21.7. The van der Waals surface area contributed by atoms with Crippen LogP contribution >= 0.6 is 0 Å². The van der Waals surface area contributed by atoms with Crippen LogP contribution in [0.5, 0.6) is 0 Å². The highest BCUT2D eigenvalue weighted by atomic mass is 16.5. The van der Waals surface area contributed by atoms with Crippen LogP contribution in [-0.4, -0.2) is 82.3 Å². The number of fused-ring (bicyclic) bond motifs is 3. The van der Waals surface area contributed by atoms with Crippen molar-refractivity contribution in [2.45, 2.75) is 57.7 Å². The molecule has 4 aliphatic heterocycles.